The Bertz CT molecular complexity index is 773. The van der Waals surface area contributed by atoms with E-state index in [1.807, 2.05) is 36.4 Å². The summed E-state index contributed by atoms with van der Waals surface area (Å²) in [5.74, 6) is 0. The van der Waals surface area contributed by atoms with Gasteiger partial charge in [0.25, 0.3) is 0 Å². The number of hydrogen-bond acceptors (Lipinski definition) is 3. The van der Waals surface area contributed by atoms with Crippen molar-refractivity contribution in [3.05, 3.63) is 59.2 Å². The van der Waals surface area contributed by atoms with Gasteiger partial charge in [0.2, 0.25) is 4.90 Å². The second-order valence-electron chi connectivity index (χ2n) is 4.84. The van der Waals surface area contributed by atoms with Crippen LogP contribution in [0.15, 0.2) is 53.6 Å². The van der Waals surface area contributed by atoms with E-state index in [0.717, 1.165) is 22.2 Å². The monoisotopic (exact) mass is 334 g/mol. The molecule has 0 bridgehead atoms. The average Bonchev–Trinajstić information content (AvgIpc) is 2.92. The van der Waals surface area contributed by atoms with Gasteiger partial charge in [0.1, 0.15) is 11.4 Å². The minimum atomic E-state index is -1.35. The number of H-pyrrole nitrogens is 1. The molecule has 1 unspecified atom stereocenters. The summed E-state index contributed by atoms with van der Waals surface area (Å²) < 4.78 is 20.6. The van der Waals surface area contributed by atoms with Crippen LogP contribution in [0.2, 0.25) is 5.02 Å². The molecule has 2 aromatic carbocycles. The summed E-state index contributed by atoms with van der Waals surface area (Å²) in [6.45, 7) is 0.562. The van der Waals surface area contributed by atoms with E-state index in [0.29, 0.717) is 16.5 Å². The molecule has 0 saturated carbocycles. The summed E-state index contributed by atoms with van der Waals surface area (Å²) in [5, 5.41) is 1.54. The first-order valence-electron chi connectivity index (χ1n) is 6.70. The van der Waals surface area contributed by atoms with Crippen LogP contribution >= 0.6 is 11.6 Å². The van der Waals surface area contributed by atoms with Crippen LogP contribution in [0.4, 0.5) is 5.69 Å². The lowest BCUT2D eigenvalue weighted by Crippen LogP contribution is -2.12. The molecule has 0 radical (unpaired) electrons. The topological polar surface area (TPSA) is 60.1 Å². The molecule has 0 aliphatic heterocycles. The number of rotatable bonds is 5. The first kappa shape index (κ1) is 15.2. The largest absolute Gasteiger partial charge is 0.588 e. The molecule has 3 aromatic rings. The molecule has 3 rings (SSSR count). The molecule has 1 atom stereocenters. The van der Waals surface area contributed by atoms with Gasteiger partial charge >= 0.3 is 0 Å². The second-order valence-corrected chi connectivity index (χ2v) is 6.46. The van der Waals surface area contributed by atoms with Crippen molar-refractivity contribution in [2.24, 2.45) is 0 Å². The molecule has 0 fully saturated rings. The lowest BCUT2D eigenvalue weighted by Gasteiger charge is -2.11. The second kappa shape index (κ2) is 6.62. The molecular formula is C16H15ClN2O2S. The molecular weight excluding hydrogens is 320 g/mol. The van der Waals surface area contributed by atoms with Gasteiger partial charge in [0.15, 0.2) is 0 Å². The van der Waals surface area contributed by atoms with Crippen LogP contribution in [0, 0.1) is 0 Å². The van der Waals surface area contributed by atoms with Crippen LogP contribution in [0.5, 0.6) is 0 Å². The fourth-order valence-electron chi connectivity index (χ4n) is 2.22. The highest BCUT2D eigenvalue weighted by Gasteiger charge is 2.17. The van der Waals surface area contributed by atoms with Crippen molar-refractivity contribution in [2.45, 2.75) is 11.5 Å². The van der Waals surface area contributed by atoms with E-state index in [-0.39, 0.29) is 0 Å². The van der Waals surface area contributed by atoms with Crippen molar-refractivity contribution in [3.8, 4) is 0 Å². The number of hydrogen-bond donors (Lipinski definition) is 2. The number of nitrogens with one attached hydrogen (secondary N) is 2. The van der Waals surface area contributed by atoms with Crippen molar-refractivity contribution in [1.29, 1.82) is 0 Å². The van der Waals surface area contributed by atoms with Gasteiger partial charge in [-0.05, 0) is 35.9 Å². The molecule has 6 heteroatoms. The molecule has 0 saturated heterocycles. The van der Waals surface area contributed by atoms with Gasteiger partial charge in [-0.2, -0.15) is 0 Å². The number of benzene rings is 2. The molecule has 0 aliphatic carbocycles. The highest BCUT2D eigenvalue weighted by atomic mass is 35.5. The smallest absolute Gasteiger partial charge is 0.205 e. The number of anilines is 1. The zero-order valence-electron chi connectivity index (χ0n) is 11.9. The van der Waals surface area contributed by atoms with Gasteiger partial charge < -0.3 is 14.3 Å². The van der Waals surface area contributed by atoms with E-state index in [1.165, 1.54) is 0 Å². The number of aromatic nitrogens is 1. The van der Waals surface area contributed by atoms with E-state index < -0.39 is 11.4 Å². The van der Waals surface area contributed by atoms with Gasteiger partial charge in [-0.25, -0.2) is 4.72 Å². The standard InChI is InChI=1S/C16H15ClN2O2S/c1-21-10-11-2-5-13(6-3-11)19-22(20)16-9-18-15-8-12(17)4-7-14(15)16/h2-9,18-19H,10H2,1H3. The van der Waals surface area contributed by atoms with Crippen LogP contribution < -0.4 is 4.72 Å². The first-order chi connectivity index (χ1) is 10.7. The van der Waals surface area contributed by atoms with E-state index >= 15 is 0 Å². The van der Waals surface area contributed by atoms with Crippen LogP contribution in [-0.4, -0.2) is 16.6 Å². The lowest BCUT2D eigenvalue weighted by molar-refractivity contribution is 0.185. The van der Waals surface area contributed by atoms with Gasteiger partial charge in [0, 0.05) is 12.1 Å². The molecule has 1 heterocycles. The van der Waals surface area contributed by atoms with E-state index in [9.17, 15) is 4.55 Å². The third kappa shape index (κ3) is 3.23. The van der Waals surface area contributed by atoms with Crippen molar-refractivity contribution in [1.82, 2.24) is 4.98 Å². The summed E-state index contributed by atoms with van der Waals surface area (Å²) in [6.07, 6.45) is 1.74. The number of aromatic amines is 1. The molecule has 0 amide bonds. The zero-order valence-corrected chi connectivity index (χ0v) is 13.5. The van der Waals surface area contributed by atoms with Crippen LogP contribution in [0.1, 0.15) is 5.56 Å². The maximum atomic E-state index is 12.5. The number of fused-ring (bicyclic) bond motifs is 1. The average molecular weight is 335 g/mol. The van der Waals surface area contributed by atoms with E-state index in [1.54, 1.807) is 19.4 Å². The fraction of sp³-hybridized carbons (Fsp3) is 0.125. The quantitative estimate of drug-likeness (QED) is 0.690. The predicted octanol–water partition coefficient (Wildman–Crippen LogP) is 4.10. The highest BCUT2D eigenvalue weighted by Crippen LogP contribution is 2.27. The maximum absolute atomic E-state index is 12.5. The van der Waals surface area contributed by atoms with Crippen LogP contribution in [0.3, 0.4) is 0 Å². The number of halogens is 1. The summed E-state index contributed by atoms with van der Waals surface area (Å²) in [5.41, 5.74) is 2.73. The van der Waals surface area contributed by atoms with E-state index in [2.05, 4.69) is 9.71 Å². The van der Waals surface area contributed by atoms with Crippen molar-refractivity contribution < 1.29 is 9.29 Å². The molecule has 0 spiro atoms. The molecule has 114 valence electrons. The van der Waals surface area contributed by atoms with Crippen molar-refractivity contribution in [3.63, 3.8) is 0 Å². The Morgan fingerprint density at radius 2 is 2.00 bits per heavy atom. The number of methoxy groups -OCH3 is 1. The molecule has 0 aliphatic rings. The number of ether oxygens (including phenoxy) is 1. The Kier molecular flexibility index (Phi) is 4.59. The maximum Gasteiger partial charge on any atom is 0.205 e. The Morgan fingerprint density at radius 3 is 2.73 bits per heavy atom. The van der Waals surface area contributed by atoms with Gasteiger partial charge in [0.05, 0.1) is 29.4 Å². The third-order valence-corrected chi connectivity index (χ3v) is 4.67. The normalized spacial score (nSPS) is 12.5. The third-order valence-electron chi connectivity index (χ3n) is 3.28. The van der Waals surface area contributed by atoms with Gasteiger partial charge in [-0.15, -0.1) is 0 Å². The summed E-state index contributed by atoms with van der Waals surface area (Å²) in [7, 11) is 1.66. The Balaban J connectivity index is 1.79. The van der Waals surface area contributed by atoms with Crippen LogP contribution in [-0.2, 0) is 22.7 Å². The van der Waals surface area contributed by atoms with Crippen molar-refractivity contribution >= 4 is 39.6 Å². The molecule has 1 aromatic heterocycles. The molecule has 2 N–H and O–H groups in total. The zero-order chi connectivity index (χ0) is 15.5. The summed E-state index contributed by atoms with van der Waals surface area (Å²) in [4.78, 5) is 3.79. The summed E-state index contributed by atoms with van der Waals surface area (Å²) in [6, 6.07) is 13.1. The molecule has 4 nitrogen and oxygen atoms in total. The lowest BCUT2D eigenvalue weighted by atomic mass is 10.2. The Labute approximate surface area is 136 Å². The van der Waals surface area contributed by atoms with Gasteiger partial charge in [-0.3, -0.25) is 0 Å². The molecule has 22 heavy (non-hydrogen) atoms. The highest BCUT2D eigenvalue weighted by molar-refractivity contribution is 7.93. The minimum Gasteiger partial charge on any atom is -0.588 e. The SMILES string of the molecule is COCc1ccc(N[S+]([O-])c2c[nH]c3cc(Cl)ccc23)cc1. The minimum absolute atomic E-state index is 0.562. The Morgan fingerprint density at radius 1 is 1.23 bits per heavy atom. The summed E-state index contributed by atoms with van der Waals surface area (Å²) >= 11 is 4.61. The van der Waals surface area contributed by atoms with Crippen molar-refractivity contribution in [2.75, 3.05) is 11.8 Å². The van der Waals surface area contributed by atoms with Crippen LogP contribution in [0.25, 0.3) is 10.9 Å². The Hall–Kier alpha value is -1.66. The fourth-order valence-corrected chi connectivity index (χ4v) is 3.40. The van der Waals surface area contributed by atoms with Gasteiger partial charge in [-0.1, -0.05) is 23.7 Å². The predicted molar refractivity (Wildman–Crippen MR) is 90.5 cm³/mol. The van der Waals surface area contributed by atoms with E-state index in [4.69, 9.17) is 16.3 Å². The first-order valence-corrected chi connectivity index (χ1v) is 8.23.